The summed E-state index contributed by atoms with van der Waals surface area (Å²) in [4.78, 5) is 4.57. The van der Waals surface area contributed by atoms with Crippen LogP contribution in [-0.4, -0.2) is 12.1 Å². The van der Waals surface area contributed by atoms with Crippen molar-refractivity contribution >= 4 is 28.2 Å². The number of halogens is 1. The molecule has 0 atom stereocenters. The largest absolute Gasteiger partial charge is 0.496 e. The summed E-state index contributed by atoms with van der Waals surface area (Å²) in [7, 11) is 1.61. The molecule has 0 spiro atoms. The van der Waals surface area contributed by atoms with E-state index in [2.05, 4.69) is 17.3 Å². The van der Waals surface area contributed by atoms with Crippen molar-refractivity contribution in [3.05, 3.63) is 28.9 Å². The Balaban J connectivity index is 2.77. The smallest absolute Gasteiger partial charge is 0.130 e. The highest BCUT2D eigenvalue weighted by molar-refractivity contribution is 6.35. The van der Waals surface area contributed by atoms with Crippen LogP contribution in [0.25, 0.3) is 10.9 Å². The van der Waals surface area contributed by atoms with Crippen LogP contribution in [0.15, 0.2) is 18.2 Å². The van der Waals surface area contributed by atoms with Crippen LogP contribution in [0.2, 0.25) is 5.02 Å². The van der Waals surface area contributed by atoms with Crippen molar-refractivity contribution in [2.24, 2.45) is 5.84 Å². The zero-order valence-corrected chi connectivity index (χ0v) is 11.2. The maximum absolute atomic E-state index is 6.20. The number of hydrogen-bond donors (Lipinski definition) is 2. The van der Waals surface area contributed by atoms with Gasteiger partial charge < -0.3 is 10.2 Å². The Morgan fingerprint density at radius 1 is 1.44 bits per heavy atom. The van der Waals surface area contributed by atoms with Crippen molar-refractivity contribution < 1.29 is 4.74 Å². The molecule has 3 N–H and O–H groups in total. The summed E-state index contributed by atoms with van der Waals surface area (Å²) in [5.41, 5.74) is 5.16. The van der Waals surface area contributed by atoms with E-state index in [-0.39, 0.29) is 0 Å². The number of fused-ring (bicyclic) bond motifs is 1. The lowest BCUT2D eigenvalue weighted by Crippen LogP contribution is -2.09. The molecule has 1 aromatic carbocycles. The first-order valence-corrected chi connectivity index (χ1v) is 6.21. The number of methoxy groups -OCH3 is 1. The third-order valence-electron chi connectivity index (χ3n) is 2.81. The molecule has 2 aromatic rings. The highest BCUT2D eigenvalue weighted by Crippen LogP contribution is 2.35. The maximum atomic E-state index is 6.20. The van der Waals surface area contributed by atoms with Crippen LogP contribution >= 0.6 is 11.6 Å². The number of nitrogens with two attached hydrogens (primary N) is 1. The number of pyridine rings is 1. The Hall–Kier alpha value is -1.52. The highest BCUT2D eigenvalue weighted by Gasteiger charge is 2.12. The van der Waals surface area contributed by atoms with Crippen LogP contribution in [0.3, 0.4) is 0 Å². The molecule has 0 unspecified atom stereocenters. The van der Waals surface area contributed by atoms with Gasteiger partial charge in [-0.2, -0.15) is 0 Å². The van der Waals surface area contributed by atoms with Crippen molar-refractivity contribution in [1.29, 1.82) is 0 Å². The first-order valence-electron chi connectivity index (χ1n) is 5.84. The Labute approximate surface area is 111 Å². The first kappa shape index (κ1) is 12.9. The maximum Gasteiger partial charge on any atom is 0.130 e. The number of anilines is 1. The quantitative estimate of drug-likeness (QED) is 0.659. The molecule has 0 bridgehead atoms. The molecule has 1 aromatic heterocycles. The zero-order valence-electron chi connectivity index (χ0n) is 10.5. The van der Waals surface area contributed by atoms with Crippen LogP contribution in [0, 0.1) is 0 Å². The normalized spacial score (nSPS) is 10.7. The van der Waals surface area contributed by atoms with Gasteiger partial charge in [0.15, 0.2) is 0 Å². The summed E-state index contributed by atoms with van der Waals surface area (Å²) >= 11 is 6.20. The second-order valence-corrected chi connectivity index (χ2v) is 4.44. The molecule has 0 radical (unpaired) electrons. The number of hydrazine groups is 1. The van der Waals surface area contributed by atoms with E-state index in [1.165, 1.54) is 0 Å². The van der Waals surface area contributed by atoms with Crippen LogP contribution in [0.1, 0.15) is 19.0 Å². The van der Waals surface area contributed by atoms with Crippen molar-refractivity contribution in [2.45, 2.75) is 19.8 Å². The van der Waals surface area contributed by atoms with Gasteiger partial charge in [-0.15, -0.1) is 0 Å². The van der Waals surface area contributed by atoms with E-state index < -0.39 is 0 Å². The summed E-state index contributed by atoms with van der Waals surface area (Å²) in [6.07, 6.45) is 1.91. The topological polar surface area (TPSA) is 60.2 Å². The second kappa shape index (κ2) is 5.42. The SMILES string of the molecule is CCCc1cc(NN)c2c(OC)ccc(Cl)c2n1. The molecule has 0 saturated heterocycles. The monoisotopic (exact) mass is 265 g/mol. The molecule has 0 saturated carbocycles. The molecule has 0 aliphatic rings. The van der Waals surface area contributed by atoms with Crippen LogP contribution in [-0.2, 0) is 6.42 Å². The molecular formula is C13H16ClN3O. The third kappa shape index (κ3) is 2.21. The molecule has 1 heterocycles. The lowest BCUT2D eigenvalue weighted by Gasteiger charge is -2.12. The van der Waals surface area contributed by atoms with Gasteiger partial charge >= 0.3 is 0 Å². The Morgan fingerprint density at radius 3 is 2.83 bits per heavy atom. The van der Waals surface area contributed by atoms with Gasteiger partial charge in [0.05, 0.1) is 28.7 Å². The van der Waals surface area contributed by atoms with E-state index in [9.17, 15) is 0 Å². The second-order valence-electron chi connectivity index (χ2n) is 4.03. The first-order chi connectivity index (χ1) is 8.71. The third-order valence-corrected chi connectivity index (χ3v) is 3.11. The van der Waals surface area contributed by atoms with Crippen molar-refractivity contribution in [3.63, 3.8) is 0 Å². The fourth-order valence-electron chi connectivity index (χ4n) is 2.00. The Bertz CT molecular complexity index is 572. The van der Waals surface area contributed by atoms with Gasteiger partial charge in [-0.3, -0.25) is 10.8 Å². The van der Waals surface area contributed by atoms with E-state index >= 15 is 0 Å². The van der Waals surface area contributed by atoms with Gasteiger partial charge in [0, 0.05) is 5.69 Å². The van der Waals surface area contributed by atoms with Gasteiger partial charge in [-0.05, 0) is 24.6 Å². The number of hydrogen-bond acceptors (Lipinski definition) is 4. The van der Waals surface area contributed by atoms with Gasteiger partial charge in [0.1, 0.15) is 5.75 Å². The van der Waals surface area contributed by atoms with E-state index in [1.54, 1.807) is 13.2 Å². The summed E-state index contributed by atoms with van der Waals surface area (Å²) < 4.78 is 5.33. The van der Waals surface area contributed by atoms with Crippen molar-refractivity contribution in [3.8, 4) is 5.75 Å². The van der Waals surface area contributed by atoms with Crippen LogP contribution in [0.4, 0.5) is 5.69 Å². The van der Waals surface area contributed by atoms with Crippen LogP contribution in [0.5, 0.6) is 5.75 Å². The number of aryl methyl sites for hydroxylation is 1. The number of ether oxygens (including phenoxy) is 1. The molecule has 96 valence electrons. The number of nitrogen functional groups attached to an aromatic ring is 1. The Kier molecular flexibility index (Phi) is 3.89. The van der Waals surface area contributed by atoms with E-state index in [0.29, 0.717) is 10.8 Å². The van der Waals surface area contributed by atoms with Crippen molar-refractivity contribution in [2.75, 3.05) is 12.5 Å². The number of nitrogens with one attached hydrogen (secondary N) is 1. The van der Waals surface area contributed by atoms with Crippen LogP contribution < -0.4 is 16.0 Å². The predicted molar refractivity (Wildman–Crippen MR) is 75.1 cm³/mol. The predicted octanol–water partition coefficient (Wildman–Crippen LogP) is 3.13. The molecule has 18 heavy (non-hydrogen) atoms. The Morgan fingerprint density at radius 2 is 2.22 bits per heavy atom. The fourth-order valence-corrected chi connectivity index (χ4v) is 2.20. The fraction of sp³-hybridized carbons (Fsp3) is 0.308. The molecular weight excluding hydrogens is 250 g/mol. The van der Waals surface area contributed by atoms with Crippen molar-refractivity contribution in [1.82, 2.24) is 4.98 Å². The van der Waals surface area contributed by atoms with E-state index in [0.717, 1.165) is 35.1 Å². The molecule has 0 aliphatic carbocycles. The van der Waals surface area contributed by atoms with Gasteiger partial charge in [0.25, 0.3) is 0 Å². The lowest BCUT2D eigenvalue weighted by molar-refractivity contribution is 0.420. The van der Waals surface area contributed by atoms with E-state index in [4.69, 9.17) is 22.2 Å². The highest BCUT2D eigenvalue weighted by atomic mass is 35.5. The lowest BCUT2D eigenvalue weighted by atomic mass is 10.1. The summed E-state index contributed by atoms with van der Waals surface area (Å²) in [6.45, 7) is 2.11. The standard InChI is InChI=1S/C13H16ClN3O/c1-3-4-8-7-10(17-15)12-11(18-2)6-5-9(14)13(12)16-8/h5-7H,3-4,15H2,1-2H3,(H,16,17). The molecule has 5 heteroatoms. The summed E-state index contributed by atoms with van der Waals surface area (Å²) in [6, 6.07) is 5.53. The minimum atomic E-state index is 0.597. The number of nitrogens with zero attached hydrogens (tertiary/aromatic N) is 1. The molecule has 2 rings (SSSR count). The average Bonchev–Trinajstić information content (AvgIpc) is 2.39. The average molecular weight is 266 g/mol. The molecule has 0 amide bonds. The van der Waals surface area contributed by atoms with Gasteiger partial charge in [-0.25, -0.2) is 0 Å². The zero-order chi connectivity index (χ0) is 13.1. The molecule has 0 aliphatic heterocycles. The summed E-state index contributed by atoms with van der Waals surface area (Å²) in [5, 5.41) is 1.41. The van der Waals surface area contributed by atoms with Gasteiger partial charge in [0.2, 0.25) is 0 Å². The number of benzene rings is 1. The minimum absolute atomic E-state index is 0.597. The number of aromatic nitrogens is 1. The minimum Gasteiger partial charge on any atom is -0.496 e. The molecule has 4 nitrogen and oxygen atoms in total. The number of rotatable bonds is 4. The molecule has 0 fully saturated rings. The van der Waals surface area contributed by atoms with Gasteiger partial charge in [-0.1, -0.05) is 24.9 Å². The summed E-state index contributed by atoms with van der Waals surface area (Å²) in [5.74, 6) is 6.28. The van der Waals surface area contributed by atoms with E-state index in [1.807, 2.05) is 12.1 Å².